The van der Waals surface area contributed by atoms with Crippen molar-refractivity contribution >= 4 is 29.0 Å². The van der Waals surface area contributed by atoms with E-state index in [9.17, 15) is 9.18 Å². The minimum atomic E-state index is -0.360. The van der Waals surface area contributed by atoms with E-state index in [1.807, 2.05) is 41.0 Å². The highest BCUT2D eigenvalue weighted by Crippen LogP contribution is 2.22. The summed E-state index contributed by atoms with van der Waals surface area (Å²) in [6.07, 6.45) is 5.16. The number of pyridine rings is 1. The first-order valence-corrected chi connectivity index (χ1v) is 12.5. The summed E-state index contributed by atoms with van der Waals surface area (Å²) < 4.78 is 15.5. The summed E-state index contributed by atoms with van der Waals surface area (Å²) in [5, 5.41) is 0.672. The molecule has 2 aromatic carbocycles. The van der Waals surface area contributed by atoms with Crippen LogP contribution in [0, 0.1) is 5.82 Å². The van der Waals surface area contributed by atoms with Crippen molar-refractivity contribution in [3.8, 4) is 0 Å². The van der Waals surface area contributed by atoms with Gasteiger partial charge in [0.15, 0.2) is 0 Å². The van der Waals surface area contributed by atoms with Crippen LogP contribution in [-0.4, -0.2) is 58.6 Å². The van der Waals surface area contributed by atoms with Crippen molar-refractivity contribution in [2.24, 2.45) is 0 Å². The topological polar surface area (TPSA) is 57.5 Å². The average molecular weight is 519 g/mol. The molecule has 1 saturated heterocycles. The van der Waals surface area contributed by atoms with E-state index in [0.29, 0.717) is 22.9 Å². The van der Waals surface area contributed by atoms with E-state index >= 15 is 0 Å². The fraction of sp³-hybridized carbons (Fsp3) is 0.250. The molecule has 0 spiro atoms. The summed E-state index contributed by atoms with van der Waals surface area (Å²) in [5.74, 6) is 0.295. The van der Waals surface area contributed by atoms with E-state index < -0.39 is 0 Å². The summed E-state index contributed by atoms with van der Waals surface area (Å²) >= 11 is 5.98. The van der Waals surface area contributed by atoms with Gasteiger partial charge in [0, 0.05) is 55.8 Å². The molecule has 0 N–H and O–H groups in total. The van der Waals surface area contributed by atoms with Crippen molar-refractivity contribution < 1.29 is 9.18 Å². The lowest BCUT2D eigenvalue weighted by Gasteiger charge is -2.33. The van der Waals surface area contributed by atoms with E-state index in [4.69, 9.17) is 11.6 Å². The van der Waals surface area contributed by atoms with Gasteiger partial charge in [0.05, 0.1) is 12.9 Å². The Kier molecular flexibility index (Phi) is 7.48. The lowest BCUT2D eigenvalue weighted by molar-refractivity contribution is 0.0980. The van der Waals surface area contributed by atoms with E-state index in [1.54, 1.807) is 35.8 Å². The Bertz CT molecular complexity index is 1330. The number of aromatic nitrogens is 3. The highest BCUT2D eigenvalue weighted by molar-refractivity contribution is 6.30. The van der Waals surface area contributed by atoms with Crippen molar-refractivity contribution in [2.45, 2.75) is 13.1 Å². The molecule has 0 radical (unpaired) electrons. The Morgan fingerprint density at radius 2 is 1.65 bits per heavy atom. The molecule has 0 unspecified atom stereocenters. The summed E-state index contributed by atoms with van der Waals surface area (Å²) in [5.41, 5.74) is 2.81. The smallest absolute Gasteiger partial charge is 0.278 e. The Morgan fingerprint density at radius 3 is 2.32 bits per heavy atom. The van der Waals surface area contributed by atoms with Gasteiger partial charge in [0.25, 0.3) is 5.91 Å². The lowest BCUT2D eigenvalue weighted by atomic mass is 10.2. The van der Waals surface area contributed by atoms with Crippen LogP contribution >= 0.6 is 11.6 Å². The maximum absolute atomic E-state index is 13.6. The van der Waals surface area contributed by atoms with E-state index in [1.165, 1.54) is 12.1 Å². The zero-order valence-corrected chi connectivity index (χ0v) is 21.4. The third kappa shape index (κ3) is 6.15. The van der Waals surface area contributed by atoms with Crippen LogP contribution in [0.2, 0.25) is 5.02 Å². The summed E-state index contributed by atoms with van der Waals surface area (Å²) in [6, 6.07) is 17.4. The summed E-state index contributed by atoms with van der Waals surface area (Å²) in [4.78, 5) is 28.8. The first kappa shape index (κ1) is 24.9. The van der Waals surface area contributed by atoms with Gasteiger partial charge in [-0.3, -0.25) is 4.79 Å². The second kappa shape index (κ2) is 11.1. The summed E-state index contributed by atoms with van der Waals surface area (Å²) in [6.45, 7) is 4.71. The number of carbonyl (C=O) groups is 1. The van der Waals surface area contributed by atoms with E-state index in [0.717, 1.165) is 43.1 Å². The van der Waals surface area contributed by atoms with Crippen molar-refractivity contribution in [2.75, 3.05) is 43.0 Å². The Hall–Kier alpha value is -3.75. The highest BCUT2D eigenvalue weighted by Gasteiger charge is 2.22. The fourth-order valence-corrected chi connectivity index (χ4v) is 4.44. The number of hydrogen-bond donors (Lipinski definition) is 0. The van der Waals surface area contributed by atoms with Gasteiger partial charge in [-0.15, -0.1) is 0 Å². The minimum Gasteiger partial charge on any atom is -0.354 e. The molecule has 0 aliphatic carbocycles. The first-order valence-electron chi connectivity index (χ1n) is 12.2. The molecule has 1 aliphatic rings. The predicted molar refractivity (Wildman–Crippen MR) is 144 cm³/mol. The molecule has 1 amide bonds. The monoisotopic (exact) mass is 518 g/mol. The van der Waals surface area contributed by atoms with Crippen LogP contribution in [-0.2, 0) is 13.1 Å². The van der Waals surface area contributed by atoms with Crippen LogP contribution in [0.4, 0.5) is 15.9 Å². The quantitative estimate of drug-likeness (QED) is 0.354. The van der Waals surface area contributed by atoms with E-state index in [2.05, 4.69) is 26.8 Å². The Balaban J connectivity index is 1.34. The highest BCUT2D eigenvalue weighted by atomic mass is 35.5. The average Bonchev–Trinajstić information content (AvgIpc) is 3.38. The molecule has 9 heteroatoms. The van der Waals surface area contributed by atoms with Crippen molar-refractivity contribution in [1.82, 2.24) is 19.4 Å². The molecular formula is C28H28ClFN6O. The van der Waals surface area contributed by atoms with Gasteiger partial charge in [-0.25, -0.2) is 14.4 Å². The van der Waals surface area contributed by atoms with Gasteiger partial charge < -0.3 is 19.3 Å². The van der Waals surface area contributed by atoms with E-state index in [-0.39, 0.29) is 18.3 Å². The number of benzene rings is 2. The maximum atomic E-state index is 13.6. The standard InChI is InChI=1S/C28H28ClFN6O/c1-33-12-14-35(15-13-33)27-11-4-22(16-31-27)18-36(25-9-7-24(30)8-10-25)28(37)26-19-34(20-32-26)17-21-2-5-23(29)6-3-21/h2-11,16,19-20H,12-15,17-18H2,1H3. The molecule has 4 aromatic rings. The Morgan fingerprint density at radius 1 is 0.946 bits per heavy atom. The molecular weight excluding hydrogens is 491 g/mol. The molecule has 3 heterocycles. The van der Waals surface area contributed by atoms with Crippen LogP contribution in [0.15, 0.2) is 79.4 Å². The number of amides is 1. The maximum Gasteiger partial charge on any atom is 0.278 e. The van der Waals surface area contributed by atoms with Crippen molar-refractivity contribution in [3.05, 3.63) is 107 Å². The number of imidazole rings is 1. The third-order valence-corrected chi connectivity index (χ3v) is 6.74. The van der Waals surface area contributed by atoms with Crippen molar-refractivity contribution in [1.29, 1.82) is 0 Å². The molecule has 5 rings (SSSR count). The number of piperazine rings is 1. The predicted octanol–water partition coefficient (Wildman–Crippen LogP) is 4.72. The minimum absolute atomic E-state index is 0.274. The molecule has 37 heavy (non-hydrogen) atoms. The first-order chi connectivity index (χ1) is 17.9. The number of halogens is 2. The fourth-order valence-electron chi connectivity index (χ4n) is 4.31. The van der Waals surface area contributed by atoms with Gasteiger partial charge >= 0.3 is 0 Å². The molecule has 1 aliphatic heterocycles. The van der Waals surface area contributed by atoms with Crippen LogP contribution in [0.1, 0.15) is 21.6 Å². The van der Waals surface area contributed by atoms with Gasteiger partial charge in [-0.2, -0.15) is 0 Å². The number of anilines is 2. The number of carbonyl (C=O) groups excluding carboxylic acids is 1. The molecule has 7 nitrogen and oxygen atoms in total. The normalized spacial score (nSPS) is 14.1. The molecule has 190 valence electrons. The number of likely N-dealkylation sites (N-methyl/N-ethyl adjacent to an activating group) is 1. The van der Waals surface area contributed by atoms with Crippen LogP contribution in [0.25, 0.3) is 0 Å². The number of nitrogens with zero attached hydrogens (tertiary/aromatic N) is 6. The summed E-state index contributed by atoms with van der Waals surface area (Å²) in [7, 11) is 2.12. The largest absolute Gasteiger partial charge is 0.354 e. The van der Waals surface area contributed by atoms with Gasteiger partial charge in [-0.1, -0.05) is 29.8 Å². The van der Waals surface area contributed by atoms with Gasteiger partial charge in [0.2, 0.25) is 0 Å². The Labute approximate surface area is 220 Å². The molecule has 1 fully saturated rings. The lowest BCUT2D eigenvalue weighted by Crippen LogP contribution is -2.44. The van der Waals surface area contributed by atoms with Crippen LogP contribution in [0.3, 0.4) is 0 Å². The zero-order chi connectivity index (χ0) is 25.8. The van der Waals surface area contributed by atoms with Crippen LogP contribution < -0.4 is 9.80 Å². The number of hydrogen-bond acceptors (Lipinski definition) is 5. The molecule has 2 aromatic heterocycles. The third-order valence-electron chi connectivity index (χ3n) is 6.49. The van der Waals surface area contributed by atoms with Crippen LogP contribution in [0.5, 0.6) is 0 Å². The second-order valence-electron chi connectivity index (χ2n) is 9.24. The molecule has 0 saturated carbocycles. The zero-order valence-electron chi connectivity index (χ0n) is 20.6. The molecule has 0 atom stereocenters. The van der Waals surface area contributed by atoms with Gasteiger partial charge in [-0.05, 0) is 60.6 Å². The second-order valence-corrected chi connectivity index (χ2v) is 9.68. The van der Waals surface area contributed by atoms with Gasteiger partial charge in [0.1, 0.15) is 17.3 Å². The number of rotatable bonds is 7. The van der Waals surface area contributed by atoms with Crippen molar-refractivity contribution in [3.63, 3.8) is 0 Å². The molecule has 0 bridgehead atoms. The SMILES string of the molecule is CN1CCN(c2ccc(CN(C(=O)c3cn(Cc4ccc(Cl)cc4)cn3)c3ccc(F)cc3)cn2)CC1.